The van der Waals surface area contributed by atoms with Crippen LogP contribution >= 0.6 is 0 Å². The quantitative estimate of drug-likeness (QED) is 0.550. The van der Waals surface area contributed by atoms with Gasteiger partial charge in [-0.05, 0) is 25.5 Å². The summed E-state index contributed by atoms with van der Waals surface area (Å²) in [5.74, 6) is 0. The number of nitro groups is 1. The van der Waals surface area contributed by atoms with Crippen LogP contribution in [0.2, 0.25) is 0 Å². The summed E-state index contributed by atoms with van der Waals surface area (Å²) in [5, 5.41) is 11.2. The van der Waals surface area contributed by atoms with Crippen LogP contribution in [-0.2, 0) is 6.54 Å². The molecule has 0 saturated carbocycles. The highest BCUT2D eigenvalue weighted by Crippen LogP contribution is 2.16. The second-order valence-corrected chi connectivity index (χ2v) is 5.63. The summed E-state index contributed by atoms with van der Waals surface area (Å²) < 4.78 is 1.52. The minimum atomic E-state index is -0.498. The van der Waals surface area contributed by atoms with E-state index in [1.165, 1.54) is 29.1 Å². The summed E-state index contributed by atoms with van der Waals surface area (Å²) in [6, 6.07) is 10.2. The lowest BCUT2D eigenvalue weighted by molar-refractivity contribution is -0.384. The fourth-order valence-corrected chi connectivity index (χ4v) is 2.73. The SMILES string of the molecule is Cc1cc(C)cc(Cn2cnc3cc([N+](=O)[O-])ccc3c2=O)c1. The Bertz CT molecular complexity index is 956. The number of rotatable bonds is 3. The standard InChI is InChI=1S/C17H15N3O3/c1-11-5-12(2)7-13(6-11)9-19-10-18-16-8-14(20(22)23)3-4-15(16)17(19)21/h3-8,10H,9H2,1-2H3. The van der Waals surface area contributed by atoms with Crippen LogP contribution in [0.4, 0.5) is 5.69 Å². The molecule has 3 rings (SSSR count). The summed E-state index contributed by atoms with van der Waals surface area (Å²) >= 11 is 0. The van der Waals surface area contributed by atoms with Gasteiger partial charge in [-0.3, -0.25) is 19.5 Å². The fourth-order valence-electron chi connectivity index (χ4n) is 2.73. The van der Waals surface area contributed by atoms with Gasteiger partial charge in [-0.25, -0.2) is 4.98 Å². The molecule has 116 valence electrons. The van der Waals surface area contributed by atoms with E-state index < -0.39 is 4.92 Å². The first-order valence-corrected chi connectivity index (χ1v) is 7.15. The molecule has 2 aromatic carbocycles. The van der Waals surface area contributed by atoms with Gasteiger partial charge in [-0.15, -0.1) is 0 Å². The molecule has 0 saturated heterocycles. The number of non-ortho nitro benzene ring substituents is 1. The van der Waals surface area contributed by atoms with E-state index in [0.717, 1.165) is 16.7 Å². The van der Waals surface area contributed by atoms with Crippen molar-refractivity contribution >= 4 is 16.6 Å². The third-order valence-corrected chi connectivity index (χ3v) is 3.65. The molecule has 0 aliphatic rings. The van der Waals surface area contributed by atoms with Crippen molar-refractivity contribution in [2.45, 2.75) is 20.4 Å². The van der Waals surface area contributed by atoms with Crippen molar-refractivity contribution in [3.05, 3.63) is 79.9 Å². The average molecular weight is 309 g/mol. The highest BCUT2D eigenvalue weighted by Gasteiger charge is 2.10. The number of benzene rings is 2. The number of nitro benzene ring substituents is 1. The van der Waals surface area contributed by atoms with Crippen molar-refractivity contribution in [3.8, 4) is 0 Å². The molecule has 0 unspecified atom stereocenters. The maximum atomic E-state index is 12.5. The van der Waals surface area contributed by atoms with Crippen LogP contribution in [0.15, 0.2) is 47.5 Å². The van der Waals surface area contributed by atoms with Gasteiger partial charge in [-0.1, -0.05) is 29.3 Å². The number of aromatic nitrogens is 2. The van der Waals surface area contributed by atoms with E-state index in [9.17, 15) is 14.9 Å². The van der Waals surface area contributed by atoms with Gasteiger partial charge in [0.15, 0.2) is 0 Å². The second-order valence-electron chi connectivity index (χ2n) is 5.63. The van der Waals surface area contributed by atoms with E-state index in [1.807, 2.05) is 26.0 Å². The molecule has 1 aromatic heterocycles. The summed E-state index contributed by atoms with van der Waals surface area (Å²) in [5.41, 5.74) is 3.35. The van der Waals surface area contributed by atoms with Crippen molar-refractivity contribution in [2.75, 3.05) is 0 Å². The highest BCUT2D eigenvalue weighted by atomic mass is 16.6. The van der Waals surface area contributed by atoms with E-state index in [4.69, 9.17) is 0 Å². The molecule has 6 heteroatoms. The first kappa shape index (κ1) is 14.9. The minimum absolute atomic E-state index is 0.0727. The monoisotopic (exact) mass is 309 g/mol. The minimum Gasteiger partial charge on any atom is -0.294 e. The lowest BCUT2D eigenvalue weighted by Crippen LogP contribution is -2.21. The normalized spacial score (nSPS) is 10.9. The van der Waals surface area contributed by atoms with Crippen molar-refractivity contribution in [3.63, 3.8) is 0 Å². The van der Waals surface area contributed by atoms with Gasteiger partial charge in [0.05, 0.1) is 28.7 Å². The van der Waals surface area contributed by atoms with Gasteiger partial charge in [0.2, 0.25) is 0 Å². The lowest BCUT2D eigenvalue weighted by Gasteiger charge is -2.08. The number of aryl methyl sites for hydroxylation is 2. The molecule has 0 fully saturated rings. The predicted molar refractivity (Wildman–Crippen MR) is 87.7 cm³/mol. The van der Waals surface area contributed by atoms with Crippen molar-refractivity contribution in [1.82, 2.24) is 9.55 Å². The zero-order valence-electron chi connectivity index (χ0n) is 12.8. The third-order valence-electron chi connectivity index (χ3n) is 3.65. The van der Waals surface area contributed by atoms with Gasteiger partial charge in [0.1, 0.15) is 0 Å². The lowest BCUT2D eigenvalue weighted by atomic mass is 10.1. The van der Waals surface area contributed by atoms with Crippen molar-refractivity contribution in [2.24, 2.45) is 0 Å². The zero-order chi connectivity index (χ0) is 16.6. The Morgan fingerprint density at radius 2 is 1.83 bits per heavy atom. The van der Waals surface area contributed by atoms with Gasteiger partial charge >= 0.3 is 0 Å². The highest BCUT2D eigenvalue weighted by molar-refractivity contribution is 5.79. The van der Waals surface area contributed by atoms with Gasteiger partial charge < -0.3 is 0 Å². The van der Waals surface area contributed by atoms with Crippen LogP contribution in [0.3, 0.4) is 0 Å². The number of fused-ring (bicyclic) bond motifs is 1. The molecule has 3 aromatic rings. The van der Waals surface area contributed by atoms with Crippen LogP contribution in [0.5, 0.6) is 0 Å². The zero-order valence-corrected chi connectivity index (χ0v) is 12.8. The van der Waals surface area contributed by atoms with Crippen LogP contribution < -0.4 is 5.56 Å². The molecule has 0 atom stereocenters. The number of hydrogen-bond acceptors (Lipinski definition) is 4. The molecular weight excluding hydrogens is 294 g/mol. The molecule has 1 heterocycles. The number of hydrogen-bond donors (Lipinski definition) is 0. The summed E-state index contributed by atoms with van der Waals surface area (Å²) in [4.78, 5) is 27.0. The largest absolute Gasteiger partial charge is 0.294 e. The van der Waals surface area contributed by atoms with E-state index >= 15 is 0 Å². The van der Waals surface area contributed by atoms with Crippen LogP contribution in [0.1, 0.15) is 16.7 Å². The average Bonchev–Trinajstić information content (AvgIpc) is 2.48. The van der Waals surface area contributed by atoms with Crippen molar-refractivity contribution in [1.29, 1.82) is 0 Å². The Labute approximate surface area is 132 Å². The maximum absolute atomic E-state index is 12.5. The maximum Gasteiger partial charge on any atom is 0.271 e. The van der Waals surface area contributed by atoms with Crippen LogP contribution in [0, 0.1) is 24.0 Å². The van der Waals surface area contributed by atoms with Gasteiger partial charge in [-0.2, -0.15) is 0 Å². The second kappa shape index (κ2) is 5.64. The van der Waals surface area contributed by atoms with E-state index in [0.29, 0.717) is 17.4 Å². The third kappa shape index (κ3) is 2.96. The molecule has 0 aliphatic heterocycles. The fraction of sp³-hybridized carbons (Fsp3) is 0.176. The van der Waals surface area contributed by atoms with Crippen LogP contribution in [-0.4, -0.2) is 14.5 Å². The molecule has 0 amide bonds. The Kier molecular flexibility index (Phi) is 3.65. The molecule has 0 radical (unpaired) electrons. The summed E-state index contributed by atoms with van der Waals surface area (Å²) in [7, 11) is 0. The van der Waals surface area contributed by atoms with E-state index in [1.54, 1.807) is 0 Å². The smallest absolute Gasteiger partial charge is 0.271 e. The summed E-state index contributed by atoms with van der Waals surface area (Å²) in [6.07, 6.45) is 1.44. The Morgan fingerprint density at radius 1 is 1.13 bits per heavy atom. The Morgan fingerprint density at radius 3 is 2.48 bits per heavy atom. The van der Waals surface area contributed by atoms with E-state index in [2.05, 4.69) is 11.1 Å². The first-order valence-electron chi connectivity index (χ1n) is 7.15. The summed E-state index contributed by atoms with van der Waals surface area (Å²) in [6.45, 7) is 4.44. The van der Waals surface area contributed by atoms with E-state index in [-0.39, 0.29) is 11.2 Å². The van der Waals surface area contributed by atoms with Gasteiger partial charge in [0.25, 0.3) is 11.2 Å². The number of nitrogens with zero attached hydrogens (tertiary/aromatic N) is 3. The molecule has 0 aliphatic carbocycles. The molecule has 6 nitrogen and oxygen atoms in total. The van der Waals surface area contributed by atoms with Crippen LogP contribution in [0.25, 0.3) is 10.9 Å². The molecule has 0 N–H and O–H groups in total. The predicted octanol–water partition coefficient (Wildman–Crippen LogP) is 2.97. The first-order chi connectivity index (χ1) is 10.9. The molecule has 0 spiro atoms. The topological polar surface area (TPSA) is 78.0 Å². The Balaban J connectivity index is 2.05. The van der Waals surface area contributed by atoms with Crippen molar-refractivity contribution < 1.29 is 4.92 Å². The molecule has 23 heavy (non-hydrogen) atoms. The Hall–Kier alpha value is -3.02. The molecule has 0 bridgehead atoms. The van der Waals surface area contributed by atoms with Gasteiger partial charge in [0, 0.05) is 12.1 Å². The molecular formula is C17H15N3O3.